The van der Waals surface area contributed by atoms with Gasteiger partial charge in [0.2, 0.25) is 0 Å². The fourth-order valence-electron chi connectivity index (χ4n) is 1.32. The Morgan fingerprint density at radius 3 is 1.79 bits per heavy atom. The zero-order chi connectivity index (χ0) is 10.8. The van der Waals surface area contributed by atoms with E-state index in [0.29, 0.717) is 0 Å². The van der Waals surface area contributed by atoms with Crippen LogP contribution < -0.4 is 5.32 Å². The normalized spacial score (nSPS) is 11.6. The first-order valence-corrected chi connectivity index (χ1v) is 5.63. The molecule has 3 heteroatoms. The Morgan fingerprint density at radius 2 is 1.21 bits per heavy atom. The standard InChI is InChI=1S/C11H27N3/c1-13(2)10-6-5-8-12-9-7-11-14(3)4/h12H,5-11H2,1-4H3. The fraction of sp³-hybridized carbons (Fsp3) is 1.00. The molecule has 0 aromatic carbocycles. The molecule has 0 aromatic heterocycles. The van der Waals surface area contributed by atoms with Crippen LogP contribution in [0.3, 0.4) is 0 Å². The summed E-state index contributed by atoms with van der Waals surface area (Å²) < 4.78 is 0. The summed E-state index contributed by atoms with van der Waals surface area (Å²) in [5.41, 5.74) is 0. The summed E-state index contributed by atoms with van der Waals surface area (Å²) in [5, 5.41) is 3.47. The van der Waals surface area contributed by atoms with Gasteiger partial charge < -0.3 is 15.1 Å². The van der Waals surface area contributed by atoms with Gasteiger partial charge in [-0.25, -0.2) is 0 Å². The first-order chi connectivity index (χ1) is 6.63. The molecule has 14 heavy (non-hydrogen) atoms. The van der Waals surface area contributed by atoms with E-state index in [1.54, 1.807) is 0 Å². The SMILES string of the molecule is CN(C)CCCCNCCCN(C)C. The summed E-state index contributed by atoms with van der Waals surface area (Å²) in [6.45, 7) is 4.71. The average molecular weight is 201 g/mol. The van der Waals surface area contributed by atoms with Crippen molar-refractivity contribution in [1.29, 1.82) is 0 Å². The van der Waals surface area contributed by atoms with E-state index in [-0.39, 0.29) is 0 Å². The van der Waals surface area contributed by atoms with Crippen molar-refractivity contribution >= 4 is 0 Å². The molecule has 0 aliphatic carbocycles. The van der Waals surface area contributed by atoms with Gasteiger partial charge in [-0.1, -0.05) is 0 Å². The molecule has 0 spiro atoms. The van der Waals surface area contributed by atoms with Gasteiger partial charge in [-0.3, -0.25) is 0 Å². The monoisotopic (exact) mass is 201 g/mol. The maximum Gasteiger partial charge on any atom is -0.00127 e. The summed E-state index contributed by atoms with van der Waals surface area (Å²) in [6.07, 6.45) is 3.84. The second-order valence-corrected chi connectivity index (χ2v) is 4.42. The van der Waals surface area contributed by atoms with E-state index in [4.69, 9.17) is 0 Å². The van der Waals surface area contributed by atoms with Crippen molar-refractivity contribution in [3.05, 3.63) is 0 Å². The average Bonchev–Trinajstić information content (AvgIpc) is 2.08. The molecule has 0 amide bonds. The molecular weight excluding hydrogens is 174 g/mol. The minimum atomic E-state index is 1.15. The second kappa shape index (κ2) is 9.44. The molecule has 0 saturated carbocycles. The fourth-order valence-corrected chi connectivity index (χ4v) is 1.32. The second-order valence-electron chi connectivity index (χ2n) is 4.42. The Balaban J connectivity index is 2.92. The van der Waals surface area contributed by atoms with Gasteiger partial charge in [0.1, 0.15) is 0 Å². The maximum absolute atomic E-state index is 3.47. The Labute approximate surface area is 89.5 Å². The lowest BCUT2D eigenvalue weighted by Crippen LogP contribution is -2.22. The van der Waals surface area contributed by atoms with Crippen LogP contribution >= 0.6 is 0 Å². The maximum atomic E-state index is 3.47. The van der Waals surface area contributed by atoms with Crippen LogP contribution in [0.5, 0.6) is 0 Å². The van der Waals surface area contributed by atoms with Crippen molar-refractivity contribution < 1.29 is 0 Å². The Bertz CT molecular complexity index is 99.1. The number of unbranched alkanes of at least 4 members (excludes halogenated alkanes) is 1. The molecule has 0 aliphatic heterocycles. The van der Waals surface area contributed by atoms with Crippen LogP contribution in [0.25, 0.3) is 0 Å². The van der Waals surface area contributed by atoms with Crippen LogP contribution in [0.1, 0.15) is 19.3 Å². The van der Waals surface area contributed by atoms with E-state index in [9.17, 15) is 0 Å². The van der Waals surface area contributed by atoms with Crippen LogP contribution in [0.15, 0.2) is 0 Å². The number of nitrogens with zero attached hydrogens (tertiary/aromatic N) is 2. The summed E-state index contributed by atoms with van der Waals surface area (Å²) in [5.74, 6) is 0. The first-order valence-electron chi connectivity index (χ1n) is 5.63. The largest absolute Gasteiger partial charge is 0.317 e. The molecule has 0 atom stereocenters. The Morgan fingerprint density at radius 1 is 0.714 bits per heavy atom. The van der Waals surface area contributed by atoms with E-state index < -0.39 is 0 Å². The van der Waals surface area contributed by atoms with Gasteiger partial charge in [-0.15, -0.1) is 0 Å². The molecule has 0 fully saturated rings. The first kappa shape index (κ1) is 13.9. The van der Waals surface area contributed by atoms with Crippen LogP contribution in [-0.4, -0.2) is 64.2 Å². The molecule has 0 heterocycles. The van der Waals surface area contributed by atoms with Gasteiger partial charge in [0.15, 0.2) is 0 Å². The smallest absolute Gasteiger partial charge is 0.00127 e. The van der Waals surface area contributed by atoms with Crippen LogP contribution in [-0.2, 0) is 0 Å². The summed E-state index contributed by atoms with van der Waals surface area (Å²) in [6, 6.07) is 0. The minimum Gasteiger partial charge on any atom is -0.317 e. The van der Waals surface area contributed by atoms with Crippen molar-refractivity contribution in [1.82, 2.24) is 15.1 Å². The highest BCUT2D eigenvalue weighted by molar-refractivity contribution is 4.52. The molecule has 0 radical (unpaired) electrons. The topological polar surface area (TPSA) is 18.5 Å². The Hall–Kier alpha value is -0.120. The zero-order valence-electron chi connectivity index (χ0n) is 10.3. The molecule has 0 aromatic rings. The molecule has 0 aliphatic rings. The summed E-state index contributed by atoms with van der Waals surface area (Å²) in [7, 11) is 8.50. The molecule has 0 bridgehead atoms. The molecular formula is C11H27N3. The lowest BCUT2D eigenvalue weighted by Gasteiger charge is -2.11. The van der Waals surface area contributed by atoms with Crippen LogP contribution in [0.2, 0.25) is 0 Å². The lowest BCUT2D eigenvalue weighted by molar-refractivity contribution is 0.383. The number of nitrogens with one attached hydrogen (secondary N) is 1. The van der Waals surface area contributed by atoms with Crippen molar-refractivity contribution in [2.24, 2.45) is 0 Å². The molecule has 86 valence electrons. The number of hydrogen-bond donors (Lipinski definition) is 1. The van der Waals surface area contributed by atoms with Crippen molar-refractivity contribution in [3.8, 4) is 0 Å². The third-order valence-corrected chi connectivity index (χ3v) is 2.17. The summed E-state index contributed by atoms with van der Waals surface area (Å²) in [4.78, 5) is 4.47. The highest BCUT2D eigenvalue weighted by Gasteiger charge is 1.92. The van der Waals surface area contributed by atoms with Gasteiger partial charge in [0.05, 0.1) is 0 Å². The predicted octanol–water partition coefficient (Wildman–Crippen LogP) is 0.870. The molecule has 0 unspecified atom stereocenters. The number of rotatable bonds is 9. The van der Waals surface area contributed by atoms with E-state index in [2.05, 4.69) is 43.3 Å². The van der Waals surface area contributed by atoms with Crippen molar-refractivity contribution in [2.75, 3.05) is 54.4 Å². The van der Waals surface area contributed by atoms with Gasteiger partial charge >= 0.3 is 0 Å². The molecule has 3 nitrogen and oxygen atoms in total. The third kappa shape index (κ3) is 11.9. The van der Waals surface area contributed by atoms with Crippen molar-refractivity contribution in [3.63, 3.8) is 0 Å². The quantitative estimate of drug-likeness (QED) is 0.559. The highest BCUT2D eigenvalue weighted by Crippen LogP contribution is 1.89. The molecule has 0 rings (SSSR count). The lowest BCUT2D eigenvalue weighted by atomic mass is 10.3. The van der Waals surface area contributed by atoms with Gasteiger partial charge in [-0.05, 0) is 73.6 Å². The molecule has 1 N–H and O–H groups in total. The van der Waals surface area contributed by atoms with Crippen LogP contribution in [0, 0.1) is 0 Å². The van der Waals surface area contributed by atoms with E-state index >= 15 is 0 Å². The minimum absolute atomic E-state index is 1.15. The van der Waals surface area contributed by atoms with E-state index in [1.165, 1.54) is 38.9 Å². The molecule has 0 saturated heterocycles. The van der Waals surface area contributed by atoms with Gasteiger partial charge in [0, 0.05) is 0 Å². The number of hydrogen-bond acceptors (Lipinski definition) is 3. The summed E-state index contributed by atoms with van der Waals surface area (Å²) >= 11 is 0. The Kier molecular flexibility index (Phi) is 9.35. The predicted molar refractivity (Wildman–Crippen MR) is 63.8 cm³/mol. The van der Waals surface area contributed by atoms with Gasteiger partial charge in [-0.2, -0.15) is 0 Å². The highest BCUT2D eigenvalue weighted by atomic mass is 15.1. The van der Waals surface area contributed by atoms with E-state index in [1.807, 2.05) is 0 Å². The third-order valence-electron chi connectivity index (χ3n) is 2.17. The van der Waals surface area contributed by atoms with Crippen molar-refractivity contribution in [2.45, 2.75) is 19.3 Å². The zero-order valence-corrected chi connectivity index (χ0v) is 10.3. The van der Waals surface area contributed by atoms with Crippen LogP contribution in [0.4, 0.5) is 0 Å². The van der Waals surface area contributed by atoms with E-state index in [0.717, 1.165) is 6.54 Å². The van der Waals surface area contributed by atoms with Gasteiger partial charge in [0.25, 0.3) is 0 Å².